The first-order chi connectivity index (χ1) is 14.6. The summed E-state index contributed by atoms with van der Waals surface area (Å²) in [7, 11) is 1.40. The van der Waals surface area contributed by atoms with E-state index in [1.165, 1.54) is 18.1 Å². The Kier molecular flexibility index (Phi) is 6.86. The maximum Gasteiger partial charge on any atom is 0.410 e. The number of rotatable bonds is 5. The molecule has 2 atom stereocenters. The molecule has 0 saturated carbocycles. The second-order valence-electron chi connectivity index (χ2n) is 8.84. The monoisotopic (exact) mass is 440 g/mol. The molecule has 0 radical (unpaired) electrons. The number of alkyl halides is 1. The molecule has 2 saturated heterocycles. The van der Waals surface area contributed by atoms with Crippen LogP contribution in [-0.2, 0) is 16.1 Å². The lowest BCUT2D eigenvalue weighted by Crippen LogP contribution is -2.47. The molecule has 8 nitrogen and oxygen atoms in total. The zero-order valence-corrected chi connectivity index (χ0v) is 18.4. The molecule has 2 fully saturated rings. The molecule has 0 aliphatic carbocycles. The second-order valence-corrected chi connectivity index (χ2v) is 8.84. The third kappa shape index (κ3) is 5.54. The van der Waals surface area contributed by atoms with Crippen LogP contribution in [0.25, 0.3) is 0 Å². The van der Waals surface area contributed by atoms with E-state index in [9.17, 15) is 18.4 Å². The Bertz CT molecular complexity index is 830. The number of methoxy groups -OCH3 is 1. The van der Waals surface area contributed by atoms with E-state index in [0.29, 0.717) is 37.9 Å². The van der Waals surface area contributed by atoms with Crippen LogP contribution in [0.2, 0.25) is 0 Å². The maximum atomic E-state index is 14.6. The van der Waals surface area contributed by atoms with E-state index in [4.69, 9.17) is 9.47 Å². The topological polar surface area (TPSA) is 84.0 Å². The van der Waals surface area contributed by atoms with Crippen molar-refractivity contribution in [1.82, 2.24) is 15.2 Å². The minimum Gasteiger partial charge on any atom is -0.481 e. The van der Waals surface area contributed by atoms with Crippen LogP contribution >= 0.6 is 0 Å². The van der Waals surface area contributed by atoms with Gasteiger partial charge >= 0.3 is 6.09 Å². The Balaban J connectivity index is 1.66. The predicted molar refractivity (Wildman–Crippen MR) is 110 cm³/mol. The Labute approximate surface area is 180 Å². The fraction of sp³-hybridized carbons (Fsp3) is 0.667. The van der Waals surface area contributed by atoms with Crippen LogP contribution in [-0.4, -0.2) is 66.4 Å². The molecule has 2 aliphatic heterocycles. The standard InChI is InChI=1S/C21H30F2N4O4/c1-21(2,3)31-20(29)27-8-5-6-16(27)18(28)24-11-13-10-15(23)17(25-19(13)30-4)26-9-7-14(22)12-26/h10,14,16H,5-9,11-12H2,1-4H3,(H,24,28)/t14?,16-/m0/s1. The Hall–Kier alpha value is -2.65. The van der Waals surface area contributed by atoms with E-state index in [1.54, 1.807) is 25.7 Å². The van der Waals surface area contributed by atoms with Crippen molar-refractivity contribution in [2.45, 2.75) is 64.4 Å². The van der Waals surface area contributed by atoms with Crippen molar-refractivity contribution in [3.8, 4) is 5.88 Å². The molecule has 3 heterocycles. The van der Waals surface area contributed by atoms with Gasteiger partial charge in [-0.2, -0.15) is 4.98 Å². The van der Waals surface area contributed by atoms with Gasteiger partial charge in [0.15, 0.2) is 11.6 Å². The molecule has 2 aliphatic rings. The zero-order chi connectivity index (χ0) is 22.8. The summed E-state index contributed by atoms with van der Waals surface area (Å²) < 4.78 is 38.8. The average molecular weight is 440 g/mol. The molecule has 0 bridgehead atoms. The Morgan fingerprint density at radius 1 is 1.29 bits per heavy atom. The van der Waals surface area contributed by atoms with Crippen molar-refractivity contribution in [2.24, 2.45) is 0 Å². The van der Waals surface area contributed by atoms with Gasteiger partial charge in [-0.15, -0.1) is 0 Å². The van der Waals surface area contributed by atoms with Crippen molar-refractivity contribution in [1.29, 1.82) is 0 Å². The maximum absolute atomic E-state index is 14.6. The summed E-state index contributed by atoms with van der Waals surface area (Å²) >= 11 is 0. The number of likely N-dealkylation sites (tertiary alicyclic amines) is 1. The first-order valence-electron chi connectivity index (χ1n) is 10.5. The van der Waals surface area contributed by atoms with Gasteiger partial charge in [-0.3, -0.25) is 9.69 Å². The van der Waals surface area contributed by atoms with Crippen LogP contribution in [0, 0.1) is 5.82 Å². The number of anilines is 1. The SMILES string of the molecule is COc1nc(N2CCC(F)C2)c(F)cc1CNC(=O)[C@@H]1CCCN1C(=O)OC(C)(C)C. The molecule has 1 N–H and O–H groups in total. The van der Waals surface area contributed by atoms with Gasteiger partial charge in [-0.25, -0.2) is 13.6 Å². The fourth-order valence-corrected chi connectivity index (χ4v) is 3.81. The summed E-state index contributed by atoms with van der Waals surface area (Å²) in [5.74, 6) is -0.751. The van der Waals surface area contributed by atoms with Gasteiger partial charge in [0.25, 0.3) is 0 Å². The third-order valence-corrected chi connectivity index (χ3v) is 5.26. The smallest absolute Gasteiger partial charge is 0.410 e. The highest BCUT2D eigenvalue weighted by atomic mass is 19.1. The van der Waals surface area contributed by atoms with Crippen molar-refractivity contribution >= 4 is 17.8 Å². The number of aromatic nitrogens is 1. The minimum absolute atomic E-state index is 0.0173. The number of ether oxygens (including phenoxy) is 2. The van der Waals surface area contributed by atoms with Gasteiger partial charge in [0.05, 0.1) is 13.7 Å². The molecule has 1 aromatic heterocycles. The summed E-state index contributed by atoms with van der Waals surface area (Å²) in [6, 6.07) is 0.594. The van der Waals surface area contributed by atoms with Crippen LogP contribution in [0.4, 0.5) is 19.4 Å². The van der Waals surface area contributed by atoms with E-state index >= 15 is 0 Å². The van der Waals surface area contributed by atoms with Crippen molar-refractivity contribution < 1.29 is 27.8 Å². The summed E-state index contributed by atoms with van der Waals surface area (Å²) in [5.41, 5.74) is -0.300. The molecule has 1 aromatic rings. The van der Waals surface area contributed by atoms with Gasteiger partial charge in [0.1, 0.15) is 17.8 Å². The van der Waals surface area contributed by atoms with Crippen LogP contribution in [0.5, 0.6) is 5.88 Å². The van der Waals surface area contributed by atoms with E-state index < -0.39 is 29.7 Å². The number of carbonyl (C=O) groups is 2. The van der Waals surface area contributed by atoms with E-state index in [-0.39, 0.29) is 30.7 Å². The van der Waals surface area contributed by atoms with Gasteiger partial charge in [-0.05, 0) is 46.1 Å². The highest BCUT2D eigenvalue weighted by Gasteiger charge is 2.36. The van der Waals surface area contributed by atoms with Crippen molar-refractivity contribution in [3.63, 3.8) is 0 Å². The molecule has 31 heavy (non-hydrogen) atoms. The van der Waals surface area contributed by atoms with Gasteiger partial charge in [0, 0.05) is 25.2 Å². The molecular formula is C21H30F2N4O4. The van der Waals surface area contributed by atoms with E-state index in [0.717, 1.165) is 0 Å². The zero-order valence-electron chi connectivity index (χ0n) is 18.4. The average Bonchev–Trinajstić information content (AvgIpc) is 3.34. The Morgan fingerprint density at radius 2 is 2.03 bits per heavy atom. The summed E-state index contributed by atoms with van der Waals surface area (Å²) in [4.78, 5) is 32.3. The first-order valence-corrected chi connectivity index (χ1v) is 10.5. The third-order valence-electron chi connectivity index (χ3n) is 5.26. The first kappa shape index (κ1) is 23.0. The lowest BCUT2D eigenvalue weighted by atomic mass is 10.2. The lowest BCUT2D eigenvalue weighted by Gasteiger charge is -2.28. The summed E-state index contributed by atoms with van der Waals surface area (Å²) in [5, 5.41) is 2.74. The number of hydrogen-bond acceptors (Lipinski definition) is 6. The molecule has 3 rings (SSSR count). The molecule has 0 aromatic carbocycles. The molecule has 1 unspecified atom stereocenters. The largest absolute Gasteiger partial charge is 0.481 e. The number of pyridine rings is 1. The number of nitrogens with zero attached hydrogens (tertiary/aromatic N) is 3. The van der Waals surface area contributed by atoms with Gasteiger partial charge < -0.3 is 19.7 Å². The van der Waals surface area contributed by atoms with Gasteiger partial charge in [0.2, 0.25) is 11.8 Å². The minimum atomic E-state index is -1.01. The highest BCUT2D eigenvalue weighted by Crippen LogP contribution is 2.28. The van der Waals surface area contributed by atoms with Crippen LogP contribution in [0.15, 0.2) is 6.07 Å². The Morgan fingerprint density at radius 3 is 2.65 bits per heavy atom. The number of nitrogens with one attached hydrogen (secondary N) is 1. The molecule has 2 amide bonds. The van der Waals surface area contributed by atoms with Crippen molar-refractivity contribution in [3.05, 3.63) is 17.4 Å². The number of halogens is 2. The van der Waals surface area contributed by atoms with Crippen LogP contribution in [0.1, 0.15) is 45.6 Å². The summed E-state index contributed by atoms with van der Waals surface area (Å²) in [6.45, 7) is 6.19. The van der Waals surface area contributed by atoms with E-state index in [1.807, 2.05) is 0 Å². The van der Waals surface area contributed by atoms with Gasteiger partial charge in [-0.1, -0.05) is 0 Å². The van der Waals surface area contributed by atoms with Crippen LogP contribution in [0.3, 0.4) is 0 Å². The number of amides is 2. The quantitative estimate of drug-likeness (QED) is 0.758. The predicted octanol–water partition coefficient (Wildman–Crippen LogP) is 2.79. The summed E-state index contributed by atoms with van der Waals surface area (Å²) in [6.07, 6.45) is 0.00274. The normalized spacial score (nSPS) is 21.4. The lowest BCUT2D eigenvalue weighted by molar-refractivity contribution is -0.125. The van der Waals surface area contributed by atoms with Crippen LogP contribution < -0.4 is 15.0 Å². The molecule has 0 spiro atoms. The van der Waals surface area contributed by atoms with Crippen molar-refractivity contribution in [2.75, 3.05) is 31.6 Å². The fourth-order valence-electron chi connectivity index (χ4n) is 3.81. The molecule has 172 valence electrons. The molecular weight excluding hydrogens is 410 g/mol. The highest BCUT2D eigenvalue weighted by molar-refractivity contribution is 5.86. The van der Waals surface area contributed by atoms with E-state index in [2.05, 4.69) is 10.3 Å². The molecule has 10 heteroatoms. The number of carbonyl (C=O) groups excluding carboxylic acids is 2. The second kappa shape index (κ2) is 9.23. The number of hydrogen-bond donors (Lipinski definition) is 1.